The summed E-state index contributed by atoms with van der Waals surface area (Å²) in [6.07, 6.45) is 5.36. The molecule has 24 heavy (non-hydrogen) atoms. The second-order valence-electron chi connectivity index (χ2n) is 5.60. The molecule has 3 aromatic rings. The maximum atomic E-state index is 12.3. The standard InChI is InChI=1S/C16H13BrN6O/c17-12-6-11(8-18-9-12)16(24)19-13-3-1-2-10(7-13)15-20-21-22-23(15)14-4-5-14/h1-3,6-9,14H,4-5H2,(H,19,24). The number of rotatable bonds is 4. The number of aromatic nitrogens is 5. The minimum Gasteiger partial charge on any atom is -0.322 e. The van der Waals surface area contributed by atoms with E-state index in [2.05, 4.69) is 41.8 Å². The molecular formula is C16H13BrN6O. The first-order chi connectivity index (χ1) is 11.7. The van der Waals surface area contributed by atoms with Gasteiger partial charge in [-0.3, -0.25) is 9.78 Å². The SMILES string of the molecule is O=C(Nc1cccc(-c2nnnn2C2CC2)c1)c1cncc(Br)c1. The van der Waals surface area contributed by atoms with E-state index in [1.165, 1.54) is 6.20 Å². The maximum Gasteiger partial charge on any atom is 0.257 e. The fourth-order valence-corrected chi connectivity index (χ4v) is 2.79. The Labute approximate surface area is 146 Å². The number of carbonyl (C=O) groups is 1. The van der Waals surface area contributed by atoms with Crippen LogP contribution < -0.4 is 5.32 Å². The number of carbonyl (C=O) groups excluding carboxylic acids is 1. The third-order valence-corrected chi connectivity index (χ3v) is 4.16. The summed E-state index contributed by atoms with van der Waals surface area (Å²) in [6, 6.07) is 9.61. The Morgan fingerprint density at radius 2 is 2.12 bits per heavy atom. The lowest BCUT2D eigenvalue weighted by molar-refractivity contribution is 0.102. The van der Waals surface area contributed by atoms with Gasteiger partial charge in [-0.25, -0.2) is 4.68 Å². The molecule has 0 spiro atoms. The number of pyridine rings is 1. The van der Waals surface area contributed by atoms with Crippen LogP contribution in [0.5, 0.6) is 0 Å². The Balaban J connectivity index is 1.58. The lowest BCUT2D eigenvalue weighted by Gasteiger charge is -2.08. The van der Waals surface area contributed by atoms with Crippen molar-refractivity contribution in [1.82, 2.24) is 25.2 Å². The first-order valence-electron chi connectivity index (χ1n) is 7.51. The zero-order valence-corrected chi connectivity index (χ0v) is 14.1. The molecule has 0 unspecified atom stereocenters. The van der Waals surface area contributed by atoms with Gasteiger partial charge in [-0.1, -0.05) is 12.1 Å². The van der Waals surface area contributed by atoms with E-state index in [1.807, 2.05) is 28.9 Å². The van der Waals surface area contributed by atoms with Gasteiger partial charge < -0.3 is 5.32 Å². The van der Waals surface area contributed by atoms with Crippen molar-refractivity contribution in [2.75, 3.05) is 5.32 Å². The molecule has 1 amide bonds. The van der Waals surface area contributed by atoms with E-state index in [4.69, 9.17) is 0 Å². The quantitative estimate of drug-likeness (QED) is 0.746. The van der Waals surface area contributed by atoms with Crippen LogP contribution in [-0.2, 0) is 0 Å². The molecule has 0 atom stereocenters. The van der Waals surface area contributed by atoms with E-state index in [0.717, 1.165) is 28.7 Å². The molecule has 0 radical (unpaired) electrons. The molecule has 4 rings (SSSR count). The molecule has 2 heterocycles. The lowest BCUT2D eigenvalue weighted by Crippen LogP contribution is -2.12. The molecular weight excluding hydrogens is 372 g/mol. The molecule has 1 aromatic carbocycles. The Hall–Kier alpha value is -2.61. The average molecular weight is 385 g/mol. The second kappa shape index (κ2) is 6.12. The number of nitrogens with one attached hydrogen (secondary N) is 1. The first-order valence-corrected chi connectivity index (χ1v) is 8.30. The van der Waals surface area contributed by atoms with Crippen LogP contribution >= 0.6 is 15.9 Å². The summed E-state index contributed by atoms with van der Waals surface area (Å²) in [4.78, 5) is 16.3. The van der Waals surface area contributed by atoms with Crippen LogP contribution in [0.4, 0.5) is 5.69 Å². The van der Waals surface area contributed by atoms with Gasteiger partial charge in [-0.05, 0) is 57.4 Å². The minimum absolute atomic E-state index is 0.220. The van der Waals surface area contributed by atoms with Crippen LogP contribution in [0, 0.1) is 0 Å². The van der Waals surface area contributed by atoms with Crippen LogP contribution in [0.15, 0.2) is 47.2 Å². The number of halogens is 1. The smallest absolute Gasteiger partial charge is 0.257 e. The molecule has 0 saturated heterocycles. The van der Waals surface area contributed by atoms with E-state index in [9.17, 15) is 4.79 Å². The van der Waals surface area contributed by atoms with Gasteiger partial charge >= 0.3 is 0 Å². The van der Waals surface area contributed by atoms with Crippen molar-refractivity contribution < 1.29 is 4.79 Å². The number of amides is 1. The average Bonchev–Trinajstić information content (AvgIpc) is 3.32. The van der Waals surface area contributed by atoms with E-state index in [-0.39, 0.29) is 5.91 Å². The molecule has 8 heteroatoms. The number of hydrogen-bond acceptors (Lipinski definition) is 5. The summed E-state index contributed by atoms with van der Waals surface area (Å²) in [6.45, 7) is 0. The van der Waals surface area contributed by atoms with Crippen molar-refractivity contribution in [3.63, 3.8) is 0 Å². The van der Waals surface area contributed by atoms with Gasteiger partial charge in [-0.2, -0.15) is 0 Å². The van der Waals surface area contributed by atoms with Crippen molar-refractivity contribution in [2.24, 2.45) is 0 Å². The molecule has 120 valence electrons. The van der Waals surface area contributed by atoms with Crippen molar-refractivity contribution >= 4 is 27.5 Å². The molecule has 0 aliphatic heterocycles. The summed E-state index contributed by atoms with van der Waals surface area (Å²) in [7, 11) is 0. The summed E-state index contributed by atoms with van der Waals surface area (Å²) < 4.78 is 2.60. The summed E-state index contributed by atoms with van der Waals surface area (Å²) in [5, 5.41) is 14.8. The maximum absolute atomic E-state index is 12.3. The van der Waals surface area contributed by atoms with Gasteiger partial charge in [0.15, 0.2) is 5.82 Å². The Kier molecular flexibility index (Phi) is 3.81. The Bertz CT molecular complexity index is 905. The fraction of sp³-hybridized carbons (Fsp3) is 0.188. The monoisotopic (exact) mass is 384 g/mol. The van der Waals surface area contributed by atoms with Crippen molar-refractivity contribution in [3.05, 3.63) is 52.8 Å². The van der Waals surface area contributed by atoms with Gasteiger partial charge in [0.05, 0.1) is 11.6 Å². The third-order valence-electron chi connectivity index (χ3n) is 3.73. The molecule has 1 N–H and O–H groups in total. The minimum atomic E-state index is -0.220. The Morgan fingerprint density at radius 1 is 1.25 bits per heavy atom. The van der Waals surface area contributed by atoms with Gasteiger partial charge in [0.2, 0.25) is 0 Å². The second-order valence-corrected chi connectivity index (χ2v) is 6.52. The zero-order valence-electron chi connectivity index (χ0n) is 12.6. The highest BCUT2D eigenvalue weighted by atomic mass is 79.9. The summed E-state index contributed by atoms with van der Waals surface area (Å²) >= 11 is 3.31. The normalized spacial score (nSPS) is 13.7. The van der Waals surface area contributed by atoms with Gasteiger partial charge in [-0.15, -0.1) is 5.10 Å². The highest BCUT2D eigenvalue weighted by Crippen LogP contribution is 2.36. The van der Waals surface area contributed by atoms with Gasteiger partial charge in [0, 0.05) is 28.1 Å². The number of hydrogen-bond donors (Lipinski definition) is 1. The van der Waals surface area contributed by atoms with Crippen LogP contribution in [0.3, 0.4) is 0 Å². The van der Waals surface area contributed by atoms with E-state index in [1.54, 1.807) is 12.3 Å². The fourth-order valence-electron chi connectivity index (χ4n) is 2.42. The summed E-state index contributed by atoms with van der Waals surface area (Å²) in [5.41, 5.74) is 2.04. The first kappa shape index (κ1) is 14.9. The Morgan fingerprint density at radius 3 is 2.92 bits per heavy atom. The van der Waals surface area contributed by atoms with E-state index >= 15 is 0 Å². The third kappa shape index (κ3) is 3.05. The van der Waals surface area contributed by atoms with Crippen LogP contribution in [-0.4, -0.2) is 31.1 Å². The van der Waals surface area contributed by atoms with Crippen LogP contribution in [0.25, 0.3) is 11.4 Å². The highest BCUT2D eigenvalue weighted by molar-refractivity contribution is 9.10. The summed E-state index contributed by atoms with van der Waals surface area (Å²) in [5.74, 6) is 0.500. The van der Waals surface area contributed by atoms with Crippen LogP contribution in [0.2, 0.25) is 0 Å². The molecule has 1 saturated carbocycles. The van der Waals surface area contributed by atoms with Crippen molar-refractivity contribution in [1.29, 1.82) is 0 Å². The van der Waals surface area contributed by atoms with Gasteiger partial charge in [0.1, 0.15) is 0 Å². The highest BCUT2D eigenvalue weighted by Gasteiger charge is 2.28. The number of tetrazole rings is 1. The zero-order chi connectivity index (χ0) is 16.5. The molecule has 1 aliphatic rings. The van der Waals surface area contributed by atoms with Crippen molar-refractivity contribution in [2.45, 2.75) is 18.9 Å². The molecule has 1 fully saturated rings. The molecule has 1 aliphatic carbocycles. The lowest BCUT2D eigenvalue weighted by atomic mass is 10.1. The predicted octanol–water partition coefficient (Wildman–Crippen LogP) is 3.08. The molecule has 0 bridgehead atoms. The van der Waals surface area contributed by atoms with Crippen molar-refractivity contribution in [3.8, 4) is 11.4 Å². The van der Waals surface area contributed by atoms with Gasteiger partial charge in [0.25, 0.3) is 5.91 Å². The number of benzene rings is 1. The predicted molar refractivity (Wildman–Crippen MR) is 91.4 cm³/mol. The van der Waals surface area contributed by atoms with E-state index < -0.39 is 0 Å². The molecule has 7 nitrogen and oxygen atoms in total. The van der Waals surface area contributed by atoms with E-state index in [0.29, 0.717) is 17.3 Å². The molecule has 2 aromatic heterocycles. The number of anilines is 1. The topological polar surface area (TPSA) is 85.6 Å². The van der Waals surface area contributed by atoms with Crippen LogP contribution in [0.1, 0.15) is 29.2 Å². The largest absolute Gasteiger partial charge is 0.322 e. The number of nitrogens with zero attached hydrogens (tertiary/aromatic N) is 5.